The van der Waals surface area contributed by atoms with E-state index in [0.717, 1.165) is 24.4 Å². The Balaban J connectivity index is 1.58. The first-order valence-electron chi connectivity index (χ1n) is 11.3. The molecule has 5 rings (SSSR count). The first kappa shape index (κ1) is 23.9. The van der Waals surface area contributed by atoms with Crippen molar-refractivity contribution in [1.29, 1.82) is 0 Å². The van der Waals surface area contributed by atoms with Gasteiger partial charge in [0.1, 0.15) is 0 Å². The number of allylic oxidation sites excluding steroid dienone is 2. The minimum Gasteiger partial charge on any atom is -0.372 e. The lowest BCUT2D eigenvalue weighted by Crippen LogP contribution is -2.39. The fourth-order valence-electron chi connectivity index (χ4n) is 4.49. The van der Waals surface area contributed by atoms with Gasteiger partial charge >= 0.3 is 6.18 Å². The fraction of sp³-hybridized carbons (Fsp3) is 0.185. The molecule has 0 aliphatic carbocycles. The molecule has 1 aliphatic rings. The largest absolute Gasteiger partial charge is 0.416 e. The summed E-state index contributed by atoms with van der Waals surface area (Å²) in [5, 5.41) is 8.39. The number of halogens is 3. The highest BCUT2D eigenvalue weighted by atomic mass is 32.1. The van der Waals surface area contributed by atoms with Crippen molar-refractivity contribution in [2.24, 2.45) is 0 Å². The lowest BCUT2D eigenvalue weighted by molar-refractivity contribution is -0.137. The van der Waals surface area contributed by atoms with Crippen molar-refractivity contribution in [2.75, 3.05) is 13.6 Å². The Bertz CT molecular complexity index is 1600. The van der Waals surface area contributed by atoms with Gasteiger partial charge in [0.05, 0.1) is 22.5 Å². The summed E-state index contributed by atoms with van der Waals surface area (Å²) in [6, 6.07) is 9.29. The van der Waals surface area contributed by atoms with E-state index in [1.807, 2.05) is 37.6 Å². The van der Waals surface area contributed by atoms with Gasteiger partial charge in [-0.3, -0.25) is 14.2 Å². The van der Waals surface area contributed by atoms with Crippen molar-refractivity contribution in [2.45, 2.75) is 19.1 Å². The third-order valence-corrected chi connectivity index (χ3v) is 7.10. The Morgan fingerprint density at radius 3 is 2.47 bits per heavy atom. The number of fused-ring (bicyclic) bond motifs is 3. The fourth-order valence-corrected chi connectivity index (χ4v) is 5.31. The minimum absolute atomic E-state index is 0.217. The predicted octanol–water partition coefficient (Wildman–Crippen LogP) is 5.73. The van der Waals surface area contributed by atoms with E-state index in [2.05, 4.69) is 10.2 Å². The van der Waals surface area contributed by atoms with Gasteiger partial charge in [0.15, 0.2) is 0 Å². The van der Waals surface area contributed by atoms with E-state index >= 15 is 0 Å². The van der Waals surface area contributed by atoms with Crippen molar-refractivity contribution in [3.8, 4) is 5.69 Å². The molecule has 2 aromatic heterocycles. The Hall–Kier alpha value is -3.85. The van der Waals surface area contributed by atoms with Gasteiger partial charge in [-0.15, -0.1) is 0 Å². The van der Waals surface area contributed by atoms with Crippen molar-refractivity contribution < 1.29 is 18.0 Å². The van der Waals surface area contributed by atoms with Crippen LogP contribution < -0.4 is 10.9 Å². The number of amides is 1. The topological polar surface area (TPSA) is 54.3 Å². The summed E-state index contributed by atoms with van der Waals surface area (Å²) in [5.74, 6) is -0.260. The zero-order valence-corrected chi connectivity index (χ0v) is 20.3. The second kappa shape index (κ2) is 8.98. The number of nitrogens with zero attached hydrogens (tertiary/aromatic N) is 2. The van der Waals surface area contributed by atoms with Gasteiger partial charge in [-0.05, 0) is 60.8 Å². The molecule has 2 aromatic carbocycles. The second-order valence-electron chi connectivity index (χ2n) is 8.71. The van der Waals surface area contributed by atoms with Crippen molar-refractivity contribution in [3.63, 3.8) is 0 Å². The number of alkyl halides is 3. The van der Waals surface area contributed by atoms with E-state index in [1.165, 1.54) is 28.0 Å². The molecule has 36 heavy (non-hydrogen) atoms. The number of nitrogens with one attached hydrogen (secondary N) is 1. The number of carbonyl (C=O) groups excluding carboxylic acids is 1. The summed E-state index contributed by atoms with van der Waals surface area (Å²) >= 11 is 1.35. The van der Waals surface area contributed by atoms with Crippen LogP contribution in [0.25, 0.3) is 27.4 Å². The molecular formula is C27H22F3N3O2S. The summed E-state index contributed by atoms with van der Waals surface area (Å²) in [7, 11) is 1.96. The maximum Gasteiger partial charge on any atom is 0.416 e. The molecule has 1 N–H and O–H groups in total. The predicted molar refractivity (Wildman–Crippen MR) is 137 cm³/mol. The molecular weight excluding hydrogens is 487 g/mol. The normalized spacial score (nSPS) is 14.8. The van der Waals surface area contributed by atoms with Crippen molar-refractivity contribution >= 4 is 38.9 Å². The lowest BCUT2D eigenvalue weighted by Gasteiger charge is -2.28. The van der Waals surface area contributed by atoms with E-state index in [4.69, 9.17) is 0 Å². The molecule has 1 amide bonds. The van der Waals surface area contributed by atoms with E-state index < -0.39 is 11.7 Å². The minimum atomic E-state index is -4.47. The highest BCUT2D eigenvalue weighted by Gasteiger charge is 2.30. The summed E-state index contributed by atoms with van der Waals surface area (Å²) in [5.41, 5.74) is 1.12. The third kappa shape index (κ3) is 4.19. The van der Waals surface area contributed by atoms with E-state index in [1.54, 1.807) is 23.6 Å². The molecule has 0 spiro atoms. The molecule has 3 heterocycles. The Morgan fingerprint density at radius 1 is 1.06 bits per heavy atom. The Morgan fingerprint density at radius 2 is 1.78 bits per heavy atom. The quantitative estimate of drug-likeness (QED) is 0.383. The van der Waals surface area contributed by atoms with Crippen LogP contribution in [0, 0.1) is 0 Å². The van der Waals surface area contributed by atoms with Crippen LogP contribution in [0.15, 0.2) is 81.9 Å². The van der Waals surface area contributed by atoms with Crippen LogP contribution in [0.2, 0.25) is 0 Å². The van der Waals surface area contributed by atoms with Crippen LogP contribution in [0.5, 0.6) is 0 Å². The standard InChI is InChI=1S/C27H22F3N3O2S/c1-16(23-5-3-4-12-32(23)2)31-25(34)17-6-11-24-20(13-17)21-14-36-15-22(21)26(35)33(24)19-9-7-18(8-10-19)27(28,29)30/h3-11,13-16H,12H2,1-2H3,(H,31,34)/t16-/m0/s1. The van der Waals surface area contributed by atoms with Crippen LogP contribution in [0.4, 0.5) is 13.2 Å². The number of pyridine rings is 1. The summed E-state index contributed by atoms with van der Waals surface area (Å²) in [6.07, 6.45) is 1.49. The van der Waals surface area contributed by atoms with Crippen LogP contribution >= 0.6 is 11.3 Å². The molecule has 0 fully saturated rings. The Kier molecular flexibility index (Phi) is 5.96. The molecule has 1 atom stereocenters. The number of likely N-dealkylation sites (N-methyl/N-ethyl adjacent to an activating group) is 1. The van der Waals surface area contributed by atoms with Gasteiger partial charge in [0, 0.05) is 46.7 Å². The highest BCUT2D eigenvalue weighted by molar-refractivity contribution is 7.09. The van der Waals surface area contributed by atoms with E-state index in [0.29, 0.717) is 32.9 Å². The first-order chi connectivity index (χ1) is 17.1. The summed E-state index contributed by atoms with van der Waals surface area (Å²) in [6.45, 7) is 2.68. The van der Waals surface area contributed by atoms with Crippen LogP contribution in [-0.4, -0.2) is 35.0 Å². The maximum absolute atomic E-state index is 13.3. The van der Waals surface area contributed by atoms with Crippen molar-refractivity contribution in [3.05, 3.63) is 98.6 Å². The molecule has 4 aromatic rings. The third-order valence-electron chi connectivity index (χ3n) is 6.35. The molecule has 5 nitrogen and oxygen atoms in total. The van der Waals surface area contributed by atoms with Crippen LogP contribution in [-0.2, 0) is 6.18 Å². The number of hydrogen-bond acceptors (Lipinski definition) is 4. The van der Waals surface area contributed by atoms with Crippen LogP contribution in [0.1, 0.15) is 22.8 Å². The molecule has 0 radical (unpaired) electrons. The SMILES string of the molecule is C[C@H](NC(=O)c1ccc2c(c1)c1cscc1c(=O)n2-c1ccc(C(F)(F)F)cc1)C1=CC=CCN1C. The average molecular weight is 510 g/mol. The highest BCUT2D eigenvalue weighted by Crippen LogP contribution is 2.31. The number of carbonyl (C=O) groups is 1. The number of aromatic nitrogens is 1. The van der Waals surface area contributed by atoms with Crippen molar-refractivity contribution in [1.82, 2.24) is 14.8 Å². The summed E-state index contributed by atoms with van der Waals surface area (Å²) in [4.78, 5) is 28.5. The van der Waals surface area contributed by atoms with Crippen LogP contribution in [0.3, 0.4) is 0 Å². The summed E-state index contributed by atoms with van der Waals surface area (Å²) < 4.78 is 40.6. The van der Waals surface area contributed by atoms with E-state index in [9.17, 15) is 22.8 Å². The van der Waals surface area contributed by atoms with Gasteiger partial charge in [-0.2, -0.15) is 24.5 Å². The Labute approximate surface area is 208 Å². The molecule has 1 aliphatic heterocycles. The van der Waals surface area contributed by atoms with Gasteiger partial charge in [0.2, 0.25) is 0 Å². The van der Waals surface area contributed by atoms with Gasteiger partial charge in [0.25, 0.3) is 11.5 Å². The number of benzene rings is 2. The lowest BCUT2D eigenvalue weighted by atomic mass is 10.0. The molecule has 0 bridgehead atoms. The molecule has 0 saturated heterocycles. The van der Waals surface area contributed by atoms with E-state index in [-0.39, 0.29) is 17.5 Å². The number of hydrogen-bond donors (Lipinski definition) is 1. The second-order valence-corrected chi connectivity index (χ2v) is 9.46. The zero-order valence-electron chi connectivity index (χ0n) is 19.5. The first-order valence-corrected chi connectivity index (χ1v) is 12.2. The van der Waals surface area contributed by atoms with Gasteiger partial charge in [-0.25, -0.2) is 0 Å². The number of thiophene rings is 1. The number of rotatable bonds is 4. The molecule has 0 unspecified atom stereocenters. The van der Waals surface area contributed by atoms with Gasteiger partial charge < -0.3 is 10.2 Å². The molecule has 0 saturated carbocycles. The zero-order chi connectivity index (χ0) is 25.6. The smallest absolute Gasteiger partial charge is 0.372 e. The molecule has 9 heteroatoms. The molecule has 184 valence electrons. The monoisotopic (exact) mass is 509 g/mol. The maximum atomic E-state index is 13.3. The van der Waals surface area contributed by atoms with Gasteiger partial charge in [-0.1, -0.05) is 12.2 Å². The average Bonchev–Trinajstić information content (AvgIpc) is 3.35.